The molecule has 6 nitrogen and oxygen atoms in total. The Kier molecular flexibility index (Phi) is 3.29. The van der Waals surface area contributed by atoms with E-state index >= 15 is 0 Å². The molecule has 1 saturated heterocycles. The summed E-state index contributed by atoms with van der Waals surface area (Å²) < 4.78 is 5.69. The van der Waals surface area contributed by atoms with E-state index in [0.717, 1.165) is 30.9 Å². The fourth-order valence-electron chi connectivity index (χ4n) is 4.38. The summed E-state index contributed by atoms with van der Waals surface area (Å²) in [6.45, 7) is 4.48. The van der Waals surface area contributed by atoms with Gasteiger partial charge >= 0.3 is 0 Å². The second-order valence-electron chi connectivity index (χ2n) is 6.63. The third-order valence-electron chi connectivity index (χ3n) is 5.29. The zero-order valence-corrected chi connectivity index (χ0v) is 13.1. The number of nitrogens with one attached hydrogen (secondary N) is 1. The van der Waals surface area contributed by atoms with Gasteiger partial charge in [-0.15, -0.1) is 0 Å². The van der Waals surface area contributed by atoms with Crippen LogP contribution < -0.4 is 10.2 Å². The summed E-state index contributed by atoms with van der Waals surface area (Å²) in [6.07, 6.45) is 3.66. The molecule has 0 radical (unpaired) electrons. The average Bonchev–Trinajstić information content (AvgIpc) is 2.76. The van der Waals surface area contributed by atoms with E-state index in [1.165, 1.54) is 12.8 Å². The van der Waals surface area contributed by atoms with Crippen molar-refractivity contribution in [1.29, 1.82) is 0 Å². The number of aryl methyl sites for hydroxylation is 1. The zero-order chi connectivity index (χ0) is 15.3. The van der Waals surface area contributed by atoms with Gasteiger partial charge in [-0.1, -0.05) is 0 Å². The van der Waals surface area contributed by atoms with E-state index in [0.29, 0.717) is 36.0 Å². The second kappa shape index (κ2) is 5.19. The number of nitrogens with zero attached hydrogens (tertiary/aromatic N) is 3. The molecule has 118 valence electrons. The van der Waals surface area contributed by atoms with Crippen LogP contribution in [0.4, 0.5) is 5.82 Å². The minimum absolute atomic E-state index is 0.0669. The largest absolute Gasteiger partial charge is 0.381 e. The lowest BCUT2D eigenvalue weighted by atomic mass is 9.94. The Morgan fingerprint density at radius 2 is 1.95 bits per heavy atom. The van der Waals surface area contributed by atoms with Gasteiger partial charge in [0, 0.05) is 44.1 Å². The molecular formula is C16H22N4O2. The van der Waals surface area contributed by atoms with E-state index in [4.69, 9.17) is 4.74 Å². The van der Waals surface area contributed by atoms with E-state index < -0.39 is 0 Å². The fraction of sp³-hybridized carbons (Fsp3) is 0.688. The molecule has 1 saturated carbocycles. The van der Waals surface area contributed by atoms with Crippen molar-refractivity contribution < 1.29 is 9.53 Å². The molecule has 3 aliphatic rings. The molecule has 3 heterocycles. The summed E-state index contributed by atoms with van der Waals surface area (Å²) in [7, 11) is 1.83. The van der Waals surface area contributed by atoms with Gasteiger partial charge in [0.05, 0.1) is 6.10 Å². The molecule has 2 fully saturated rings. The number of ether oxygens (including phenoxy) is 1. The number of fused-ring (bicyclic) bond motifs is 3. The Bertz CT molecular complexity index is 604. The van der Waals surface area contributed by atoms with Crippen LogP contribution in [0.15, 0.2) is 0 Å². The molecule has 2 aliphatic heterocycles. The van der Waals surface area contributed by atoms with Crippen LogP contribution in [0.25, 0.3) is 0 Å². The summed E-state index contributed by atoms with van der Waals surface area (Å²) in [5, 5.41) is 2.87. The number of carbonyl (C=O) groups is 1. The van der Waals surface area contributed by atoms with Crippen LogP contribution in [0.2, 0.25) is 0 Å². The summed E-state index contributed by atoms with van der Waals surface area (Å²) in [4.78, 5) is 23.5. The van der Waals surface area contributed by atoms with E-state index in [2.05, 4.69) is 20.2 Å². The average molecular weight is 302 g/mol. The van der Waals surface area contributed by atoms with Gasteiger partial charge in [-0.2, -0.15) is 0 Å². The number of hydrogen-bond donors (Lipinski definition) is 1. The van der Waals surface area contributed by atoms with Gasteiger partial charge in [0.25, 0.3) is 5.91 Å². The van der Waals surface area contributed by atoms with Gasteiger partial charge in [0.2, 0.25) is 0 Å². The van der Waals surface area contributed by atoms with Crippen molar-refractivity contribution >= 4 is 11.7 Å². The fourth-order valence-corrected chi connectivity index (χ4v) is 4.38. The molecule has 6 heteroatoms. The highest BCUT2D eigenvalue weighted by molar-refractivity contribution is 5.96. The number of methoxy groups -OCH3 is 1. The van der Waals surface area contributed by atoms with E-state index in [1.54, 1.807) is 0 Å². The maximum absolute atomic E-state index is 12.1. The highest BCUT2D eigenvalue weighted by atomic mass is 16.5. The lowest BCUT2D eigenvalue weighted by Crippen LogP contribution is -2.47. The van der Waals surface area contributed by atoms with Gasteiger partial charge < -0.3 is 15.0 Å². The first-order valence-corrected chi connectivity index (χ1v) is 8.11. The number of anilines is 1. The van der Waals surface area contributed by atoms with Crippen LogP contribution in [0.5, 0.6) is 0 Å². The molecule has 2 bridgehead atoms. The number of rotatable bonds is 2. The number of aromatic nitrogens is 2. The zero-order valence-electron chi connectivity index (χ0n) is 13.1. The SMILES string of the molecule is COC1[C@@H]2CC[C@H]1CN(c1nc(C)nc3c1CCNC3=O)C2. The van der Waals surface area contributed by atoms with Gasteiger partial charge in [-0.05, 0) is 26.2 Å². The number of carbonyl (C=O) groups excluding carboxylic acids is 1. The van der Waals surface area contributed by atoms with Crippen LogP contribution in [0.1, 0.15) is 34.7 Å². The quantitative estimate of drug-likeness (QED) is 0.880. The Balaban J connectivity index is 1.70. The second-order valence-corrected chi connectivity index (χ2v) is 6.63. The number of amides is 1. The first-order chi connectivity index (χ1) is 10.7. The molecule has 0 spiro atoms. The topological polar surface area (TPSA) is 67.3 Å². The van der Waals surface area contributed by atoms with Gasteiger partial charge in [-0.25, -0.2) is 9.97 Å². The Hall–Kier alpha value is -1.69. The van der Waals surface area contributed by atoms with Crippen LogP contribution in [0, 0.1) is 18.8 Å². The lowest BCUT2D eigenvalue weighted by molar-refractivity contribution is 0.0294. The van der Waals surface area contributed by atoms with Crippen molar-refractivity contribution in [1.82, 2.24) is 15.3 Å². The Labute approximate surface area is 130 Å². The maximum atomic E-state index is 12.1. The summed E-state index contributed by atoms with van der Waals surface area (Å²) in [5.41, 5.74) is 1.58. The molecular weight excluding hydrogens is 280 g/mol. The maximum Gasteiger partial charge on any atom is 0.270 e. The Morgan fingerprint density at radius 3 is 2.64 bits per heavy atom. The minimum Gasteiger partial charge on any atom is -0.381 e. The molecule has 1 amide bonds. The van der Waals surface area contributed by atoms with E-state index in [1.807, 2.05) is 14.0 Å². The summed E-state index contributed by atoms with van der Waals surface area (Å²) in [5.74, 6) is 2.73. The smallest absolute Gasteiger partial charge is 0.270 e. The molecule has 22 heavy (non-hydrogen) atoms. The number of hydrogen-bond acceptors (Lipinski definition) is 5. The van der Waals surface area contributed by atoms with Crippen molar-refractivity contribution in [3.63, 3.8) is 0 Å². The first kappa shape index (κ1) is 13.9. The molecule has 1 aromatic heterocycles. The molecule has 1 aromatic rings. The summed E-state index contributed by atoms with van der Waals surface area (Å²) in [6, 6.07) is 0. The highest BCUT2D eigenvalue weighted by Crippen LogP contribution is 2.40. The van der Waals surface area contributed by atoms with Crippen LogP contribution in [0.3, 0.4) is 0 Å². The molecule has 1 unspecified atom stereocenters. The van der Waals surface area contributed by atoms with Gasteiger partial charge in [0.1, 0.15) is 17.3 Å². The predicted molar refractivity (Wildman–Crippen MR) is 82.0 cm³/mol. The summed E-state index contributed by atoms with van der Waals surface area (Å²) >= 11 is 0. The third-order valence-corrected chi connectivity index (χ3v) is 5.29. The van der Waals surface area contributed by atoms with Crippen LogP contribution in [-0.4, -0.2) is 48.7 Å². The standard InChI is InChI=1S/C16H22N4O2/c1-9-18-13-12(5-6-17-16(13)21)15(19-9)20-7-10-3-4-11(8-20)14(10)22-2/h10-11,14H,3-8H2,1-2H3,(H,17,21)/t10-,11+,14?. The van der Waals surface area contributed by atoms with Crippen molar-refractivity contribution in [2.24, 2.45) is 11.8 Å². The molecule has 1 N–H and O–H groups in total. The lowest BCUT2D eigenvalue weighted by Gasteiger charge is -2.39. The van der Waals surface area contributed by atoms with Crippen LogP contribution in [-0.2, 0) is 11.2 Å². The molecule has 3 atom stereocenters. The monoisotopic (exact) mass is 302 g/mol. The van der Waals surface area contributed by atoms with Crippen molar-refractivity contribution in [2.75, 3.05) is 31.6 Å². The normalized spacial score (nSPS) is 30.2. The first-order valence-electron chi connectivity index (χ1n) is 8.11. The van der Waals surface area contributed by atoms with Crippen molar-refractivity contribution in [3.05, 3.63) is 17.1 Å². The number of piperidine rings is 1. The Morgan fingerprint density at radius 1 is 1.23 bits per heavy atom. The van der Waals surface area contributed by atoms with Crippen molar-refractivity contribution in [2.45, 2.75) is 32.3 Å². The van der Waals surface area contributed by atoms with E-state index in [-0.39, 0.29) is 5.91 Å². The van der Waals surface area contributed by atoms with Crippen LogP contribution >= 0.6 is 0 Å². The van der Waals surface area contributed by atoms with Crippen molar-refractivity contribution in [3.8, 4) is 0 Å². The molecule has 0 aromatic carbocycles. The van der Waals surface area contributed by atoms with Gasteiger partial charge in [0.15, 0.2) is 0 Å². The highest BCUT2D eigenvalue weighted by Gasteiger charge is 2.43. The third kappa shape index (κ3) is 2.08. The minimum atomic E-state index is -0.0669. The van der Waals surface area contributed by atoms with Gasteiger partial charge in [-0.3, -0.25) is 4.79 Å². The van der Waals surface area contributed by atoms with E-state index in [9.17, 15) is 4.79 Å². The molecule has 4 rings (SSSR count). The predicted octanol–water partition coefficient (Wildman–Crippen LogP) is 0.932. The molecule has 1 aliphatic carbocycles.